The maximum absolute atomic E-state index is 13.2. The number of aromatic hydroxyl groups is 1. The van der Waals surface area contributed by atoms with Crippen molar-refractivity contribution in [2.75, 3.05) is 20.6 Å². The first-order valence-corrected chi connectivity index (χ1v) is 12.7. The van der Waals surface area contributed by atoms with E-state index in [1.54, 1.807) is 13.1 Å². The molecule has 0 aromatic heterocycles. The van der Waals surface area contributed by atoms with E-state index in [-0.39, 0.29) is 34.4 Å². The number of benzene rings is 2. The summed E-state index contributed by atoms with van der Waals surface area (Å²) in [5, 5.41) is 23.7. The Balaban J connectivity index is 1.37. The zero-order chi connectivity index (χ0) is 27.9. The van der Waals surface area contributed by atoms with E-state index in [1.807, 2.05) is 18.0 Å². The summed E-state index contributed by atoms with van der Waals surface area (Å²) >= 11 is 0. The van der Waals surface area contributed by atoms with E-state index in [9.17, 15) is 33.2 Å². The molecule has 1 amide bonds. The highest BCUT2D eigenvalue weighted by Crippen LogP contribution is 2.66. The van der Waals surface area contributed by atoms with E-state index in [1.165, 1.54) is 17.0 Å². The number of nitro groups is 1. The second-order valence-corrected chi connectivity index (χ2v) is 10.9. The van der Waals surface area contributed by atoms with Crippen molar-refractivity contribution in [2.45, 2.75) is 61.0 Å². The predicted molar refractivity (Wildman–Crippen MR) is 133 cm³/mol. The first-order valence-electron chi connectivity index (χ1n) is 12.7. The number of likely N-dealkylation sites (tertiary alicyclic amines) is 1. The second kappa shape index (κ2) is 8.36. The molecule has 11 heteroatoms. The van der Waals surface area contributed by atoms with Crippen molar-refractivity contribution >= 4 is 5.91 Å². The monoisotopic (exact) mass is 541 g/mol. The largest absolute Gasteiger partial charge is 0.504 e. The average molecular weight is 542 g/mol. The van der Waals surface area contributed by atoms with Gasteiger partial charge in [-0.05, 0) is 68.8 Å². The number of piperidine rings is 1. The van der Waals surface area contributed by atoms with Crippen LogP contribution in [0.25, 0.3) is 0 Å². The van der Waals surface area contributed by atoms with Gasteiger partial charge in [-0.2, -0.15) is 13.2 Å². The molecule has 4 aliphatic rings. The molecule has 6 rings (SSSR count). The van der Waals surface area contributed by atoms with Crippen LogP contribution in [0.1, 0.15) is 41.5 Å². The summed E-state index contributed by atoms with van der Waals surface area (Å²) in [6.45, 7) is 0.604. The van der Waals surface area contributed by atoms with Crippen molar-refractivity contribution in [3.05, 3.63) is 68.8 Å². The van der Waals surface area contributed by atoms with Gasteiger partial charge in [-0.3, -0.25) is 19.8 Å². The third-order valence-corrected chi connectivity index (χ3v) is 9.37. The van der Waals surface area contributed by atoms with Crippen LogP contribution in [0, 0.1) is 22.0 Å². The fourth-order valence-corrected chi connectivity index (χ4v) is 7.61. The van der Waals surface area contributed by atoms with E-state index in [2.05, 4.69) is 11.8 Å². The zero-order valence-electron chi connectivity index (χ0n) is 21.3. The number of alkyl halides is 3. The Morgan fingerprint density at radius 2 is 1.95 bits per heavy atom. The lowest BCUT2D eigenvalue weighted by Gasteiger charge is -2.60. The topological polar surface area (TPSA) is 96.2 Å². The maximum atomic E-state index is 13.2. The normalized spacial score (nSPS) is 30.4. The van der Waals surface area contributed by atoms with Gasteiger partial charge in [0.15, 0.2) is 11.5 Å². The number of likely N-dealkylation sites (N-methyl/N-ethyl adjacent to an activating group) is 2. The lowest BCUT2D eigenvalue weighted by atomic mass is 9.47. The molecular formula is C28H26F3N3O5. The van der Waals surface area contributed by atoms with Gasteiger partial charge in [0.05, 0.1) is 17.6 Å². The molecule has 1 spiro atoms. The number of amides is 1. The Kier molecular flexibility index (Phi) is 5.46. The van der Waals surface area contributed by atoms with Gasteiger partial charge in [-0.25, -0.2) is 0 Å². The quantitative estimate of drug-likeness (QED) is 0.356. The summed E-state index contributed by atoms with van der Waals surface area (Å²) in [5.74, 6) is 4.73. The molecule has 2 fully saturated rings. The van der Waals surface area contributed by atoms with Gasteiger partial charge in [0, 0.05) is 35.4 Å². The molecule has 1 saturated carbocycles. The van der Waals surface area contributed by atoms with Crippen LogP contribution in [0.2, 0.25) is 0 Å². The molecule has 1 N–H and O–H groups in total. The Morgan fingerprint density at radius 3 is 2.62 bits per heavy atom. The van der Waals surface area contributed by atoms with Crippen LogP contribution in [0.4, 0.5) is 13.2 Å². The van der Waals surface area contributed by atoms with Crippen LogP contribution in [0.3, 0.4) is 0 Å². The Hall–Kier alpha value is -3.78. The van der Waals surface area contributed by atoms with Crippen molar-refractivity contribution in [1.29, 1.82) is 0 Å². The maximum Gasteiger partial charge on any atom is 0.416 e. The van der Waals surface area contributed by atoms with Crippen molar-refractivity contribution in [3.63, 3.8) is 0 Å². The summed E-state index contributed by atoms with van der Waals surface area (Å²) in [5.41, 5.74) is -1.33. The van der Waals surface area contributed by atoms with Crippen LogP contribution < -0.4 is 4.74 Å². The molecule has 2 aliphatic heterocycles. The SMILES string of the molecule is CN1CC[C@]23c4c5ccc(O)c4O[C@H]2[C@@H](N(C)C(=O)C#Cc2ccc(C(F)(F)F)cc2)CC[C@@]3([N+](=O)[O-])[C@H]1C5. The molecule has 39 heavy (non-hydrogen) atoms. The van der Waals surface area contributed by atoms with Crippen molar-refractivity contribution in [1.82, 2.24) is 9.80 Å². The molecule has 0 radical (unpaired) electrons. The predicted octanol–water partition coefficient (Wildman–Crippen LogP) is 3.36. The van der Waals surface area contributed by atoms with E-state index in [0.29, 0.717) is 31.4 Å². The third-order valence-electron chi connectivity index (χ3n) is 9.37. The summed E-state index contributed by atoms with van der Waals surface area (Å²) < 4.78 is 44.9. The number of carbonyl (C=O) groups excluding carboxylic acids is 1. The number of halogens is 3. The highest BCUT2D eigenvalue weighted by molar-refractivity contribution is 5.94. The van der Waals surface area contributed by atoms with E-state index >= 15 is 0 Å². The van der Waals surface area contributed by atoms with Crippen LogP contribution in [0.15, 0.2) is 36.4 Å². The van der Waals surface area contributed by atoms with Crippen molar-refractivity contribution in [2.24, 2.45) is 0 Å². The Morgan fingerprint density at radius 1 is 1.23 bits per heavy atom. The summed E-state index contributed by atoms with van der Waals surface area (Å²) in [6, 6.07) is 6.66. The van der Waals surface area contributed by atoms with E-state index in [4.69, 9.17) is 4.74 Å². The molecule has 2 bridgehead atoms. The smallest absolute Gasteiger partial charge is 0.416 e. The average Bonchev–Trinajstić information content (AvgIpc) is 3.25. The number of ether oxygens (including phenoxy) is 1. The van der Waals surface area contributed by atoms with Gasteiger partial charge in [0.2, 0.25) is 0 Å². The molecule has 1 saturated heterocycles. The molecule has 2 aromatic carbocycles. The number of phenols is 1. The van der Waals surface area contributed by atoms with Crippen molar-refractivity contribution in [3.8, 4) is 23.3 Å². The van der Waals surface area contributed by atoms with Gasteiger partial charge >= 0.3 is 6.18 Å². The third kappa shape index (κ3) is 3.33. The number of hydrogen-bond acceptors (Lipinski definition) is 6. The first kappa shape index (κ1) is 25.5. The van der Waals surface area contributed by atoms with Gasteiger partial charge in [0.25, 0.3) is 11.4 Å². The fraction of sp³-hybridized carbons (Fsp3) is 0.464. The van der Waals surface area contributed by atoms with Crippen LogP contribution in [-0.4, -0.2) is 70.1 Å². The highest BCUT2D eigenvalue weighted by atomic mass is 19.4. The minimum atomic E-state index is -4.47. The van der Waals surface area contributed by atoms with E-state index < -0.39 is 40.7 Å². The molecule has 2 heterocycles. The summed E-state index contributed by atoms with van der Waals surface area (Å²) in [7, 11) is 3.46. The van der Waals surface area contributed by atoms with Crippen LogP contribution >= 0.6 is 0 Å². The number of carbonyl (C=O) groups is 1. The van der Waals surface area contributed by atoms with Gasteiger partial charge in [-0.1, -0.05) is 12.0 Å². The van der Waals surface area contributed by atoms with Gasteiger partial charge < -0.3 is 14.7 Å². The van der Waals surface area contributed by atoms with Crippen LogP contribution in [0.5, 0.6) is 11.5 Å². The molecule has 2 aliphatic carbocycles. The highest BCUT2D eigenvalue weighted by Gasteiger charge is 2.80. The van der Waals surface area contributed by atoms with Gasteiger partial charge in [0.1, 0.15) is 11.5 Å². The van der Waals surface area contributed by atoms with Crippen LogP contribution in [-0.2, 0) is 22.8 Å². The van der Waals surface area contributed by atoms with Crippen molar-refractivity contribution < 1.29 is 32.7 Å². The zero-order valence-corrected chi connectivity index (χ0v) is 21.3. The number of phenolic OH excluding ortho intramolecular Hbond substituents is 1. The lowest BCUT2D eigenvalue weighted by molar-refractivity contribution is -0.605. The Bertz CT molecular complexity index is 1450. The standard InChI is InChI=1S/C28H26F3N3O5/c1-32-14-13-26-23-17-6-9-20(35)24(23)39-25(26)19(11-12-27(26,34(37)38)21(32)15-17)33(2)22(36)10-5-16-3-7-18(8-4-16)28(29,30)31/h3-4,6-9,19,21,25,35H,11-15H2,1-2H3/t19-,21+,25-,26-,27+/m0/s1. The lowest BCUT2D eigenvalue weighted by Crippen LogP contribution is -2.80. The number of nitrogens with zero attached hydrogens (tertiary/aromatic N) is 3. The molecule has 2 aromatic rings. The second-order valence-electron chi connectivity index (χ2n) is 10.9. The molecular weight excluding hydrogens is 515 g/mol. The summed E-state index contributed by atoms with van der Waals surface area (Å²) in [4.78, 5) is 29.5. The number of hydrogen-bond donors (Lipinski definition) is 1. The van der Waals surface area contributed by atoms with E-state index in [0.717, 1.165) is 17.7 Å². The Labute approximate surface area is 222 Å². The minimum Gasteiger partial charge on any atom is -0.504 e. The summed E-state index contributed by atoms with van der Waals surface area (Å²) in [6.07, 6.45) is -3.82. The fourth-order valence-electron chi connectivity index (χ4n) is 7.61. The molecule has 204 valence electrons. The molecule has 5 atom stereocenters. The first-order chi connectivity index (χ1) is 18.4. The minimum absolute atomic E-state index is 0.0815. The molecule has 8 nitrogen and oxygen atoms in total. The van der Waals surface area contributed by atoms with Gasteiger partial charge in [-0.15, -0.1) is 0 Å². The number of rotatable bonds is 2. The molecule has 0 unspecified atom stereocenters.